The van der Waals surface area contributed by atoms with Crippen molar-refractivity contribution in [3.63, 3.8) is 0 Å². The van der Waals surface area contributed by atoms with Crippen molar-refractivity contribution in [1.82, 2.24) is 0 Å². The van der Waals surface area contributed by atoms with Crippen molar-refractivity contribution in [2.45, 2.75) is 19.5 Å². The summed E-state index contributed by atoms with van der Waals surface area (Å²) in [6, 6.07) is 12.9. The van der Waals surface area contributed by atoms with Crippen LogP contribution in [0.15, 0.2) is 42.5 Å². The van der Waals surface area contributed by atoms with Gasteiger partial charge in [-0.2, -0.15) is 0 Å². The summed E-state index contributed by atoms with van der Waals surface area (Å²) in [7, 11) is 0. The molecule has 0 radical (unpaired) electrons. The summed E-state index contributed by atoms with van der Waals surface area (Å²) in [5, 5.41) is 0.662. The molecule has 0 aromatic heterocycles. The van der Waals surface area contributed by atoms with E-state index >= 15 is 0 Å². The van der Waals surface area contributed by atoms with Gasteiger partial charge in [-0.15, -0.1) is 0 Å². The number of carbonyl (C=O) groups excluding carboxylic acids is 1. The average molecular weight is 287 g/mol. The number of nitrogens with zero attached hydrogens (tertiary/aromatic N) is 1. The summed E-state index contributed by atoms with van der Waals surface area (Å²) < 4.78 is 0. The second kappa shape index (κ2) is 4.93. The molecule has 0 saturated carbocycles. The molecule has 102 valence electrons. The number of nitrogens with two attached hydrogens (primary N) is 1. The number of benzene rings is 2. The monoisotopic (exact) mass is 286 g/mol. The molecule has 1 aliphatic rings. The Balaban J connectivity index is 2.00. The minimum atomic E-state index is -0.576. The van der Waals surface area contributed by atoms with Crippen LogP contribution in [-0.2, 0) is 11.3 Å². The Morgan fingerprint density at radius 1 is 1.25 bits per heavy atom. The Bertz CT molecular complexity index is 684. The lowest BCUT2D eigenvalue weighted by Gasteiger charge is -2.18. The lowest BCUT2D eigenvalue weighted by atomic mass is 10.1. The van der Waals surface area contributed by atoms with Crippen LogP contribution >= 0.6 is 11.6 Å². The zero-order chi connectivity index (χ0) is 14.3. The molecule has 1 amide bonds. The van der Waals surface area contributed by atoms with E-state index in [9.17, 15) is 4.79 Å². The predicted molar refractivity (Wildman–Crippen MR) is 80.7 cm³/mol. The molecule has 0 bridgehead atoms. The molecule has 0 spiro atoms. The standard InChI is InChI=1S/C16H15ClN2O/c1-10-6-7-14-12(8-10)15(18)16(20)19(14)9-11-4-2-3-5-13(11)17/h2-8,15H,9,18H2,1H3/t15-/m1/s1. The van der Waals surface area contributed by atoms with E-state index in [1.165, 1.54) is 0 Å². The van der Waals surface area contributed by atoms with Crippen molar-refractivity contribution in [1.29, 1.82) is 0 Å². The molecule has 3 nitrogen and oxygen atoms in total. The maximum Gasteiger partial charge on any atom is 0.248 e. The Morgan fingerprint density at radius 3 is 2.75 bits per heavy atom. The van der Waals surface area contributed by atoms with Gasteiger partial charge >= 0.3 is 0 Å². The van der Waals surface area contributed by atoms with Crippen molar-refractivity contribution in [2.24, 2.45) is 5.73 Å². The van der Waals surface area contributed by atoms with Crippen molar-refractivity contribution in [3.05, 3.63) is 64.2 Å². The topological polar surface area (TPSA) is 46.3 Å². The van der Waals surface area contributed by atoms with E-state index in [0.717, 1.165) is 22.4 Å². The summed E-state index contributed by atoms with van der Waals surface area (Å²) in [5.74, 6) is -0.0782. The fourth-order valence-electron chi connectivity index (χ4n) is 2.55. The Hall–Kier alpha value is -1.84. The molecule has 0 fully saturated rings. The van der Waals surface area contributed by atoms with Crippen LogP contribution in [0.1, 0.15) is 22.7 Å². The maximum absolute atomic E-state index is 12.3. The third-order valence-electron chi connectivity index (χ3n) is 3.63. The maximum atomic E-state index is 12.3. The smallest absolute Gasteiger partial charge is 0.248 e. The number of amides is 1. The van der Waals surface area contributed by atoms with Gasteiger partial charge in [-0.25, -0.2) is 0 Å². The molecular weight excluding hydrogens is 272 g/mol. The normalized spacial score (nSPS) is 17.4. The first-order valence-corrected chi connectivity index (χ1v) is 6.86. The van der Waals surface area contributed by atoms with Gasteiger partial charge in [0.2, 0.25) is 5.91 Å². The second-order valence-electron chi connectivity index (χ2n) is 5.06. The summed E-state index contributed by atoms with van der Waals surface area (Å²) in [5.41, 5.74) is 9.81. The van der Waals surface area contributed by atoms with E-state index in [0.29, 0.717) is 11.6 Å². The molecule has 2 aromatic carbocycles. The minimum Gasteiger partial charge on any atom is -0.316 e. The van der Waals surface area contributed by atoms with Gasteiger partial charge in [0, 0.05) is 16.3 Å². The predicted octanol–water partition coefficient (Wildman–Crippen LogP) is 3.20. The van der Waals surface area contributed by atoms with Crippen LogP contribution in [0.4, 0.5) is 5.69 Å². The summed E-state index contributed by atoms with van der Waals surface area (Å²) in [6.45, 7) is 2.44. The number of fused-ring (bicyclic) bond motifs is 1. The van der Waals surface area contributed by atoms with E-state index in [1.54, 1.807) is 4.90 Å². The number of hydrogen-bond acceptors (Lipinski definition) is 2. The van der Waals surface area contributed by atoms with Gasteiger partial charge in [0.05, 0.1) is 6.54 Å². The molecule has 3 rings (SSSR count). The van der Waals surface area contributed by atoms with E-state index in [-0.39, 0.29) is 5.91 Å². The molecule has 4 heteroatoms. The van der Waals surface area contributed by atoms with Crippen LogP contribution in [-0.4, -0.2) is 5.91 Å². The third kappa shape index (κ3) is 2.09. The van der Waals surface area contributed by atoms with Crippen molar-refractivity contribution < 1.29 is 4.79 Å². The lowest BCUT2D eigenvalue weighted by molar-refractivity contribution is -0.119. The highest BCUT2D eigenvalue weighted by Gasteiger charge is 2.34. The second-order valence-corrected chi connectivity index (χ2v) is 5.46. The van der Waals surface area contributed by atoms with E-state index in [1.807, 2.05) is 49.4 Å². The number of aryl methyl sites for hydroxylation is 1. The summed E-state index contributed by atoms with van der Waals surface area (Å²) >= 11 is 6.17. The van der Waals surface area contributed by atoms with Crippen LogP contribution in [0.5, 0.6) is 0 Å². The van der Waals surface area contributed by atoms with E-state index in [2.05, 4.69) is 0 Å². The number of anilines is 1. The molecule has 0 aliphatic carbocycles. The third-order valence-corrected chi connectivity index (χ3v) is 4.00. The Kier molecular flexibility index (Phi) is 3.24. The molecule has 0 unspecified atom stereocenters. The first-order valence-electron chi connectivity index (χ1n) is 6.49. The molecule has 1 heterocycles. The molecule has 1 aliphatic heterocycles. The summed E-state index contributed by atoms with van der Waals surface area (Å²) in [6.07, 6.45) is 0. The van der Waals surface area contributed by atoms with Crippen LogP contribution < -0.4 is 10.6 Å². The summed E-state index contributed by atoms with van der Waals surface area (Å²) in [4.78, 5) is 14.1. The first-order chi connectivity index (χ1) is 9.58. The van der Waals surface area contributed by atoms with Crippen molar-refractivity contribution in [3.8, 4) is 0 Å². The molecule has 20 heavy (non-hydrogen) atoms. The molecule has 2 aromatic rings. The van der Waals surface area contributed by atoms with E-state index < -0.39 is 6.04 Å². The van der Waals surface area contributed by atoms with Crippen LogP contribution in [0.2, 0.25) is 5.02 Å². The number of halogens is 1. The van der Waals surface area contributed by atoms with Crippen molar-refractivity contribution in [2.75, 3.05) is 4.90 Å². The largest absolute Gasteiger partial charge is 0.316 e. The van der Waals surface area contributed by atoms with Crippen LogP contribution in [0.3, 0.4) is 0 Å². The Morgan fingerprint density at radius 2 is 2.00 bits per heavy atom. The van der Waals surface area contributed by atoms with Gasteiger partial charge < -0.3 is 10.6 Å². The number of rotatable bonds is 2. The molecular formula is C16H15ClN2O. The fraction of sp³-hybridized carbons (Fsp3) is 0.188. The van der Waals surface area contributed by atoms with Gasteiger partial charge in [0.15, 0.2) is 0 Å². The number of hydrogen-bond donors (Lipinski definition) is 1. The van der Waals surface area contributed by atoms with Crippen LogP contribution in [0.25, 0.3) is 0 Å². The average Bonchev–Trinajstić information content (AvgIpc) is 2.66. The van der Waals surface area contributed by atoms with Gasteiger partial charge in [-0.05, 0) is 24.6 Å². The highest BCUT2D eigenvalue weighted by Crippen LogP contribution is 2.36. The van der Waals surface area contributed by atoms with Gasteiger partial charge in [0.25, 0.3) is 0 Å². The molecule has 2 N–H and O–H groups in total. The van der Waals surface area contributed by atoms with Gasteiger partial charge in [-0.1, -0.05) is 47.5 Å². The lowest BCUT2D eigenvalue weighted by Crippen LogP contribution is -2.31. The molecule has 1 atom stereocenters. The Labute approximate surface area is 123 Å². The highest BCUT2D eigenvalue weighted by molar-refractivity contribution is 6.31. The number of carbonyl (C=O) groups is 1. The van der Waals surface area contributed by atoms with Crippen molar-refractivity contribution >= 4 is 23.2 Å². The first kappa shape index (κ1) is 13.2. The van der Waals surface area contributed by atoms with E-state index in [4.69, 9.17) is 17.3 Å². The minimum absolute atomic E-state index is 0.0782. The zero-order valence-corrected chi connectivity index (χ0v) is 11.9. The SMILES string of the molecule is Cc1ccc2c(c1)[C@@H](N)C(=O)N2Cc1ccccc1Cl. The quantitative estimate of drug-likeness (QED) is 0.921. The van der Waals surface area contributed by atoms with Crippen LogP contribution in [0, 0.1) is 6.92 Å². The fourth-order valence-corrected chi connectivity index (χ4v) is 2.74. The highest BCUT2D eigenvalue weighted by atomic mass is 35.5. The van der Waals surface area contributed by atoms with Gasteiger partial charge in [-0.3, -0.25) is 4.79 Å². The molecule has 0 saturated heterocycles. The van der Waals surface area contributed by atoms with Gasteiger partial charge in [0.1, 0.15) is 6.04 Å². The zero-order valence-electron chi connectivity index (χ0n) is 11.1.